The number of nitrogens with zero attached hydrogens (tertiary/aromatic N) is 5. The van der Waals surface area contributed by atoms with Crippen LogP contribution < -0.4 is 0 Å². The second-order valence-electron chi connectivity index (χ2n) is 6.96. The first-order valence-corrected chi connectivity index (χ1v) is 10.8. The first-order chi connectivity index (χ1) is 13.4. The molecule has 0 atom stereocenters. The zero-order valence-corrected chi connectivity index (χ0v) is 17.0. The molecule has 9 heteroatoms. The van der Waals surface area contributed by atoms with Gasteiger partial charge in [-0.05, 0) is 38.8 Å². The molecule has 1 fully saturated rings. The normalized spacial score (nSPS) is 14.7. The Morgan fingerprint density at radius 2 is 1.89 bits per heavy atom. The molecule has 0 radical (unpaired) electrons. The molecule has 148 valence electrons. The summed E-state index contributed by atoms with van der Waals surface area (Å²) in [6.07, 6.45) is 1.84. The summed E-state index contributed by atoms with van der Waals surface area (Å²) in [6.45, 7) is 6.04. The maximum absolute atomic E-state index is 13.2. The minimum Gasteiger partial charge on any atom is -0.419 e. The van der Waals surface area contributed by atoms with Crippen molar-refractivity contribution in [2.45, 2.75) is 51.1 Å². The third-order valence-electron chi connectivity index (χ3n) is 4.92. The Hall–Kier alpha value is -2.52. The van der Waals surface area contributed by atoms with E-state index in [-0.39, 0.29) is 17.5 Å². The van der Waals surface area contributed by atoms with E-state index in [4.69, 9.17) is 4.42 Å². The molecular weight excluding hydrogens is 378 g/mol. The van der Waals surface area contributed by atoms with Gasteiger partial charge in [0.15, 0.2) is 0 Å². The molecule has 0 saturated heterocycles. The highest BCUT2D eigenvalue weighted by Crippen LogP contribution is 2.33. The summed E-state index contributed by atoms with van der Waals surface area (Å²) in [5, 5.41) is 12.6. The minimum atomic E-state index is -3.58. The van der Waals surface area contributed by atoms with Gasteiger partial charge in [-0.25, -0.2) is 8.42 Å². The molecule has 1 saturated carbocycles. The van der Waals surface area contributed by atoms with Crippen molar-refractivity contribution in [2.24, 2.45) is 0 Å². The van der Waals surface area contributed by atoms with Gasteiger partial charge in [0.25, 0.3) is 0 Å². The largest absolute Gasteiger partial charge is 0.419 e. The van der Waals surface area contributed by atoms with Gasteiger partial charge in [0, 0.05) is 18.2 Å². The number of rotatable bonds is 7. The fourth-order valence-corrected chi connectivity index (χ4v) is 5.53. The molecule has 3 aromatic rings. The Balaban J connectivity index is 1.62. The van der Waals surface area contributed by atoms with Crippen LogP contribution in [0.1, 0.15) is 37.0 Å². The maximum Gasteiger partial charge on any atom is 0.247 e. The van der Waals surface area contributed by atoms with Crippen molar-refractivity contribution < 1.29 is 12.8 Å². The first-order valence-electron chi connectivity index (χ1n) is 9.35. The predicted molar refractivity (Wildman–Crippen MR) is 103 cm³/mol. The van der Waals surface area contributed by atoms with E-state index < -0.39 is 10.0 Å². The highest BCUT2D eigenvalue weighted by molar-refractivity contribution is 7.89. The van der Waals surface area contributed by atoms with Gasteiger partial charge in [0.05, 0.1) is 11.4 Å². The quantitative estimate of drug-likeness (QED) is 0.604. The van der Waals surface area contributed by atoms with Crippen molar-refractivity contribution in [3.05, 3.63) is 47.6 Å². The second kappa shape index (κ2) is 7.14. The average Bonchev–Trinajstić information content (AvgIpc) is 3.30. The van der Waals surface area contributed by atoms with E-state index in [2.05, 4.69) is 15.3 Å². The zero-order chi connectivity index (χ0) is 19.9. The van der Waals surface area contributed by atoms with E-state index in [1.807, 2.05) is 37.3 Å². The molecule has 1 aliphatic rings. The Labute approximate surface area is 164 Å². The molecule has 0 bridgehead atoms. The number of hydrogen-bond donors (Lipinski definition) is 0. The Kier molecular flexibility index (Phi) is 4.80. The SMILES string of the molecule is CCN(C1CC1)S(=O)(=O)c1c(C)nn(Cc2nnc(-c3ccccc3)o2)c1C. The van der Waals surface area contributed by atoms with Crippen molar-refractivity contribution >= 4 is 10.0 Å². The van der Waals surface area contributed by atoms with E-state index in [1.54, 1.807) is 22.8 Å². The van der Waals surface area contributed by atoms with E-state index in [1.165, 1.54) is 0 Å². The molecule has 0 amide bonds. The fraction of sp³-hybridized carbons (Fsp3) is 0.421. The Morgan fingerprint density at radius 3 is 2.54 bits per heavy atom. The van der Waals surface area contributed by atoms with Crippen LogP contribution in [0.2, 0.25) is 0 Å². The molecule has 0 spiro atoms. The van der Waals surface area contributed by atoms with Crippen LogP contribution in [0.5, 0.6) is 0 Å². The molecule has 4 rings (SSSR count). The van der Waals surface area contributed by atoms with Crippen LogP contribution in [-0.2, 0) is 16.6 Å². The van der Waals surface area contributed by atoms with Crippen LogP contribution in [-0.4, -0.2) is 45.3 Å². The number of sulfonamides is 1. The molecule has 8 nitrogen and oxygen atoms in total. The zero-order valence-electron chi connectivity index (χ0n) is 16.2. The Bertz CT molecular complexity index is 1080. The topological polar surface area (TPSA) is 94.1 Å². The van der Waals surface area contributed by atoms with Gasteiger partial charge in [-0.1, -0.05) is 25.1 Å². The highest BCUT2D eigenvalue weighted by atomic mass is 32.2. The van der Waals surface area contributed by atoms with Gasteiger partial charge >= 0.3 is 0 Å². The standard InChI is InChI=1S/C19H23N5O3S/c1-4-24(16-10-11-16)28(25,26)18-13(2)22-23(14(18)3)12-17-20-21-19(27-17)15-8-6-5-7-9-15/h5-9,16H,4,10-12H2,1-3H3. The molecule has 2 heterocycles. The summed E-state index contributed by atoms with van der Waals surface area (Å²) >= 11 is 0. The van der Waals surface area contributed by atoms with Gasteiger partial charge in [-0.3, -0.25) is 4.68 Å². The lowest BCUT2D eigenvalue weighted by Gasteiger charge is -2.20. The van der Waals surface area contributed by atoms with Gasteiger partial charge in [0.1, 0.15) is 11.4 Å². The minimum absolute atomic E-state index is 0.113. The molecule has 0 aliphatic heterocycles. The van der Waals surface area contributed by atoms with Gasteiger partial charge in [-0.15, -0.1) is 10.2 Å². The molecule has 1 aliphatic carbocycles. The van der Waals surface area contributed by atoms with Crippen molar-refractivity contribution in [1.82, 2.24) is 24.3 Å². The number of aryl methyl sites for hydroxylation is 1. The molecule has 1 aromatic carbocycles. The molecule has 0 N–H and O–H groups in total. The molecule has 28 heavy (non-hydrogen) atoms. The van der Waals surface area contributed by atoms with Crippen molar-refractivity contribution in [3.8, 4) is 11.5 Å². The van der Waals surface area contributed by atoms with E-state index in [0.29, 0.717) is 29.7 Å². The van der Waals surface area contributed by atoms with Gasteiger partial charge in [0.2, 0.25) is 21.8 Å². The smallest absolute Gasteiger partial charge is 0.247 e. The third-order valence-corrected chi connectivity index (χ3v) is 7.20. The van der Waals surface area contributed by atoms with Crippen LogP contribution in [0.15, 0.2) is 39.6 Å². The van der Waals surface area contributed by atoms with Crippen LogP contribution in [0.4, 0.5) is 0 Å². The highest BCUT2D eigenvalue weighted by Gasteiger charge is 2.39. The van der Waals surface area contributed by atoms with E-state index in [9.17, 15) is 8.42 Å². The first kappa shape index (κ1) is 18.8. The second-order valence-corrected chi connectivity index (χ2v) is 8.79. The summed E-state index contributed by atoms with van der Waals surface area (Å²) in [5.41, 5.74) is 1.90. The monoisotopic (exact) mass is 401 g/mol. The van der Waals surface area contributed by atoms with E-state index >= 15 is 0 Å². The third kappa shape index (κ3) is 3.35. The van der Waals surface area contributed by atoms with Crippen LogP contribution >= 0.6 is 0 Å². The summed E-state index contributed by atoms with van der Waals surface area (Å²) in [4.78, 5) is 0.282. The molecule has 2 aromatic heterocycles. The van der Waals surface area contributed by atoms with E-state index in [0.717, 1.165) is 18.4 Å². The fourth-order valence-electron chi connectivity index (χ4n) is 3.45. The Morgan fingerprint density at radius 1 is 1.18 bits per heavy atom. The van der Waals surface area contributed by atoms with Gasteiger partial charge < -0.3 is 4.42 Å². The lowest BCUT2D eigenvalue weighted by Crippen LogP contribution is -2.33. The van der Waals surface area contributed by atoms with Crippen LogP contribution in [0, 0.1) is 13.8 Å². The number of hydrogen-bond acceptors (Lipinski definition) is 6. The predicted octanol–water partition coefficient (Wildman–Crippen LogP) is 2.77. The summed E-state index contributed by atoms with van der Waals surface area (Å²) in [7, 11) is -3.58. The van der Waals surface area contributed by atoms with Gasteiger partial charge in [-0.2, -0.15) is 9.40 Å². The molecular formula is C19H23N5O3S. The lowest BCUT2D eigenvalue weighted by atomic mass is 10.2. The number of benzene rings is 1. The van der Waals surface area contributed by atoms with Crippen LogP contribution in [0.25, 0.3) is 11.5 Å². The number of aromatic nitrogens is 4. The summed E-state index contributed by atoms with van der Waals surface area (Å²) in [5.74, 6) is 0.804. The van der Waals surface area contributed by atoms with Crippen molar-refractivity contribution in [1.29, 1.82) is 0 Å². The van der Waals surface area contributed by atoms with Crippen molar-refractivity contribution in [3.63, 3.8) is 0 Å². The van der Waals surface area contributed by atoms with Crippen molar-refractivity contribution in [2.75, 3.05) is 6.54 Å². The summed E-state index contributed by atoms with van der Waals surface area (Å²) < 4.78 is 35.3. The lowest BCUT2D eigenvalue weighted by molar-refractivity contribution is 0.420. The van der Waals surface area contributed by atoms with Crippen LogP contribution in [0.3, 0.4) is 0 Å². The average molecular weight is 401 g/mol. The summed E-state index contributed by atoms with van der Waals surface area (Å²) in [6, 6.07) is 9.61. The molecule has 0 unspecified atom stereocenters. The maximum atomic E-state index is 13.2.